The van der Waals surface area contributed by atoms with Crippen molar-refractivity contribution < 1.29 is 32.2 Å². The van der Waals surface area contributed by atoms with Crippen molar-refractivity contribution >= 4 is 30.0 Å². The van der Waals surface area contributed by atoms with Gasteiger partial charge in [-0.25, -0.2) is 0 Å². The van der Waals surface area contributed by atoms with E-state index in [0.717, 1.165) is 12.1 Å². The Hall–Kier alpha value is -2.94. The second-order valence-electron chi connectivity index (χ2n) is 6.00. The van der Waals surface area contributed by atoms with Crippen molar-refractivity contribution in [2.24, 2.45) is 0 Å². The number of methoxy groups -OCH3 is 1. The maximum absolute atomic E-state index is 12.6. The molecule has 0 aliphatic rings. The van der Waals surface area contributed by atoms with Crippen molar-refractivity contribution in [1.82, 2.24) is 5.32 Å². The zero-order valence-electron chi connectivity index (χ0n) is 15.6. The summed E-state index contributed by atoms with van der Waals surface area (Å²) in [7, 11) is 1.20. The lowest BCUT2D eigenvalue weighted by Gasteiger charge is -2.19. The maximum Gasteiger partial charge on any atom is 0.573 e. The number of rotatable bonds is 6. The van der Waals surface area contributed by atoms with Crippen LogP contribution in [-0.2, 0) is 9.53 Å². The van der Waals surface area contributed by atoms with Gasteiger partial charge in [-0.1, -0.05) is 18.2 Å². The minimum absolute atomic E-state index is 0. The molecule has 0 aliphatic carbocycles. The van der Waals surface area contributed by atoms with Gasteiger partial charge in [0.15, 0.2) is 0 Å². The largest absolute Gasteiger partial charge is 0.573 e. The monoisotopic (exact) mass is 432 g/mol. The van der Waals surface area contributed by atoms with Crippen LogP contribution in [0, 0.1) is 6.92 Å². The summed E-state index contributed by atoms with van der Waals surface area (Å²) < 4.78 is 45.4. The SMILES string of the molecule is COC(=O)CC(NC(=O)c1cc(N)ccc1C)c1ccc(OC(F)(F)F)cc1.Cl. The number of benzene rings is 2. The number of aryl methyl sites for hydroxylation is 1. The van der Waals surface area contributed by atoms with E-state index >= 15 is 0 Å². The van der Waals surface area contributed by atoms with Crippen LogP contribution in [0.25, 0.3) is 0 Å². The lowest BCUT2D eigenvalue weighted by Crippen LogP contribution is -2.31. The number of carbonyl (C=O) groups is 2. The Morgan fingerprint density at radius 1 is 1.14 bits per heavy atom. The first-order valence-corrected chi connectivity index (χ1v) is 8.18. The minimum Gasteiger partial charge on any atom is -0.469 e. The summed E-state index contributed by atoms with van der Waals surface area (Å²) in [6.45, 7) is 1.73. The molecule has 0 heterocycles. The molecule has 0 saturated carbocycles. The first-order chi connectivity index (χ1) is 13.1. The average Bonchev–Trinajstić information content (AvgIpc) is 2.62. The molecule has 10 heteroatoms. The van der Waals surface area contributed by atoms with Crippen LogP contribution in [0.5, 0.6) is 5.75 Å². The molecule has 3 N–H and O–H groups in total. The summed E-state index contributed by atoms with van der Waals surface area (Å²) in [5.41, 5.74) is 7.53. The van der Waals surface area contributed by atoms with Gasteiger partial charge in [0.1, 0.15) is 5.75 Å². The summed E-state index contributed by atoms with van der Waals surface area (Å²) >= 11 is 0. The van der Waals surface area contributed by atoms with Crippen molar-refractivity contribution in [3.05, 3.63) is 59.2 Å². The molecule has 1 unspecified atom stereocenters. The third-order valence-electron chi connectivity index (χ3n) is 3.93. The van der Waals surface area contributed by atoms with Crippen LogP contribution in [0.4, 0.5) is 18.9 Å². The minimum atomic E-state index is -4.81. The van der Waals surface area contributed by atoms with E-state index < -0.39 is 30.0 Å². The number of ether oxygens (including phenoxy) is 2. The fourth-order valence-corrected chi connectivity index (χ4v) is 2.52. The van der Waals surface area contributed by atoms with E-state index in [-0.39, 0.29) is 18.8 Å². The van der Waals surface area contributed by atoms with E-state index in [4.69, 9.17) is 5.73 Å². The van der Waals surface area contributed by atoms with E-state index in [0.29, 0.717) is 22.4 Å². The van der Waals surface area contributed by atoms with Crippen molar-refractivity contribution in [3.8, 4) is 5.75 Å². The first kappa shape index (κ1) is 24.1. The highest BCUT2D eigenvalue weighted by Crippen LogP contribution is 2.26. The van der Waals surface area contributed by atoms with Crippen LogP contribution in [-0.4, -0.2) is 25.3 Å². The molecule has 0 bridgehead atoms. The number of amides is 1. The van der Waals surface area contributed by atoms with Gasteiger partial charge in [-0.2, -0.15) is 0 Å². The van der Waals surface area contributed by atoms with Crippen LogP contribution in [0.3, 0.4) is 0 Å². The second-order valence-corrected chi connectivity index (χ2v) is 6.00. The summed E-state index contributed by atoms with van der Waals surface area (Å²) in [6.07, 6.45) is -5.02. The standard InChI is InChI=1S/C19H19F3N2O4.ClH/c1-11-3-6-13(23)9-15(11)18(26)24-16(10-17(25)27-2)12-4-7-14(8-5-12)28-19(20,21)22;/h3-9,16H,10,23H2,1-2H3,(H,24,26);1H. The third kappa shape index (κ3) is 7.19. The quantitative estimate of drug-likeness (QED) is 0.533. The fourth-order valence-electron chi connectivity index (χ4n) is 2.52. The van der Waals surface area contributed by atoms with Gasteiger partial charge in [-0.3, -0.25) is 9.59 Å². The van der Waals surface area contributed by atoms with Gasteiger partial charge in [-0.05, 0) is 42.3 Å². The molecule has 0 fully saturated rings. The zero-order valence-corrected chi connectivity index (χ0v) is 16.4. The Balaban J connectivity index is 0.00000420. The van der Waals surface area contributed by atoms with E-state index in [2.05, 4.69) is 14.8 Å². The number of hydrogen-bond acceptors (Lipinski definition) is 5. The molecule has 29 heavy (non-hydrogen) atoms. The van der Waals surface area contributed by atoms with Crippen LogP contribution in [0.2, 0.25) is 0 Å². The van der Waals surface area contributed by atoms with Crippen LogP contribution >= 0.6 is 12.4 Å². The number of nitrogens with one attached hydrogen (secondary N) is 1. The Morgan fingerprint density at radius 2 is 1.76 bits per heavy atom. The molecule has 0 aromatic heterocycles. The molecule has 0 saturated heterocycles. The Morgan fingerprint density at radius 3 is 2.31 bits per heavy atom. The van der Waals surface area contributed by atoms with Gasteiger partial charge in [-0.15, -0.1) is 25.6 Å². The molecule has 1 atom stereocenters. The first-order valence-electron chi connectivity index (χ1n) is 8.18. The second kappa shape index (κ2) is 10.0. The molecule has 0 radical (unpaired) electrons. The van der Waals surface area contributed by atoms with Gasteiger partial charge in [0, 0.05) is 11.3 Å². The highest BCUT2D eigenvalue weighted by molar-refractivity contribution is 5.97. The molecular weight excluding hydrogens is 413 g/mol. The van der Waals surface area contributed by atoms with Crippen molar-refractivity contribution in [3.63, 3.8) is 0 Å². The Bertz CT molecular complexity index is 858. The van der Waals surface area contributed by atoms with Crippen LogP contribution < -0.4 is 15.8 Å². The van der Waals surface area contributed by atoms with E-state index in [1.54, 1.807) is 19.1 Å². The predicted octanol–water partition coefficient (Wildman–Crippen LogP) is 3.93. The number of alkyl halides is 3. The average molecular weight is 433 g/mol. The number of anilines is 1. The number of hydrogen-bond donors (Lipinski definition) is 2. The predicted molar refractivity (Wildman–Crippen MR) is 103 cm³/mol. The van der Waals surface area contributed by atoms with Gasteiger partial charge in [0.25, 0.3) is 5.91 Å². The number of esters is 1. The lowest BCUT2D eigenvalue weighted by atomic mass is 10.0. The molecule has 1 amide bonds. The van der Waals surface area contributed by atoms with Gasteiger partial charge >= 0.3 is 12.3 Å². The number of nitrogen functional groups attached to an aromatic ring is 1. The highest BCUT2D eigenvalue weighted by Gasteiger charge is 2.31. The molecule has 2 aromatic rings. The molecular formula is C19H20ClF3N2O4. The molecule has 0 aliphatic heterocycles. The van der Waals surface area contributed by atoms with Crippen LogP contribution in [0.15, 0.2) is 42.5 Å². The van der Waals surface area contributed by atoms with Gasteiger partial charge < -0.3 is 20.5 Å². The van der Waals surface area contributed by atoms with E-state index in [1.165, 1.54) is 25.3 Å². The fraction of sp³-hybridized carbons (Fsp3) is 0.263. The lowest BCUT2D eigenvalue weighted by molar-refractivity contribution is -0.274. The van der Waals surface area contributed by atoms with Crippen molar-refractivity contribution in [2.45, 2.75) is 25.7 Å². The summed E-state index contributed by atoms with van der Waals surface area (Å²) in [6, 6.07) is 8.89. The van der Waals surface area contributed by atoms with Gasteiger partial charge in [0.2, 0.25) is 0 Å². The summed E-state index contributed by atoms with van der Waals surface area (Å²) in [4.78, 5) is 24.4. The molecule has 6 nitrogen and oxygen atoms in total. The van der Waals surface area contributed by atoms with Gasteiger partial charge in [0.05, 0.1) is 19.6 Å². The van der Waals surface area contributed by atoms with Crippen molar-refractivity contribution in [2.75, 3.05) is 12.8 Å². The zero-order chi connectivity index (χ0) is 20.9. The number of nitrogens with two attached hydrogens (primary N) is 1. The normalized spacial score (nSPS) is 11.8. The van der Waals surface area contributed by atoms with E-state index in [1.807, 2.05) is 0 Å². The summed E-state index contributed by atoms with van der Waals surface area (Å²) in [5, 5.41) is 2.69. The Kier molecular flexibility index (Phi) is 8.32. The molecule has 0 spiro atoms. The van der Waals surface area contributed by atoms with E-state index in [9.17, 15) is 22.8 Å². The smallest absolute Gasteiger partial charge is 0.469 e. The van der Waals surface area contributed by atoms with Crippen molar-refractivity contribution in [1.29, 1.82) is 0 Å². The van der Waals surface area contributed by atoms with Crippen LogP contribution in [0.1, 0.15) is 33.9 Å². The molecule has 158 valence electrons. The highest BCUT2D eigenvalue weighted by atomic mass is 35.5. The number of halogens is 4. The molecule has 2 aromatic carbocycles. The topological polar surface area (TPSA) is 90.7 Å². The third-order valence-corrected chi connectivity index (χ3v) is 3.93. The number of carbonyl (C=O) groups excluding carboxylic acids is 2. The Labute approximate surface area is 171 Å². The maximum atomic E-state index is 12.6. The summed E-state index contributed by atoms with van der Waals surface area (Å²) in [5.74, 6) is -1.48. The molecule has 2 rings (SSSR count).